The lowest BCUT2D eigenvalue weighted by Crippen LogP contribution is -2.37. The van der Waals surface area contributed by atoms with Gasteiger partial charge in [0.05, 0.1) is 5.40 Å². The second-order valence-corrected chi connectivity index (χ2v) is 14.7. The Hall–Kier alpha value is -7.04. The van der Waals surface area contributed by atoms with Crippen molar-refractivity contribution in [3.05, 3.63) is 194 Å². The fourth-order valence-corrected chi connectivity index (χ4v) is 8.07. The van der Waals surface area contributed by atoms with Crippen LogP contribution in [0.4, 0.5) is 0 Å². The Kier molecular flexibility index (Phi) is 8.18. The summed E-state index contributed by atoms with van der Waals surface area (Å²) in [4.78, 5) is 15.6. The first-order valence-electron chi connectivity index (χ1n) is 19.0. The van der Waals surface area contributed by atoms with Crippen LogP contribution in [-0.2, 0) is 5.40 Å². The van der Waals surface area contributed by atoms with Crippen molar-refractivity contribution in [3.8, 4) is 84.4 Å². The van der Waals surface area contributed by atoms with E-state index in [0.29, 0.717) is 17.5 Å². The molecule has 4 nitrogen and oxygen atoms in total. The Morgan fingerprint density at radius 3 is 1.61 bits per heavy atom. The van der Waals surface area contributed by atoms with Gasteiger partial charge in [-0.1, -0.05) is 170 Å². The highest BCUT2D eigenvalue weighted by atomic mass is 16.5. The van der Waals surface area contributed by atoms with Gasteiger partial charge in [-0.05, 0) is 73.5 Å². The molecule has 0 fully saturated rings. The van der Waals surface area contributed by atoms with E-state index in [0.717, 1.165) is 66.6 Å². The Bertz CT molecular complexity index is 2910. The molecular weight excluding hydrogens is 680 g/mol. The first-order chi connectivity index (χ1) is 27.5. The lowest BCUT2D eigenvalue weighted by atomic mass is 9.58. The van der Waals surface area contributed by atoms with Crippen LogP contribution in [0, 0.1) is 0 Å². The van der Waals surface area contributed by atoms with E-state index in [9.17, 15) is 0 Å². The fourth-order valence-electron chi connectivity index (χ4n) is 8.07. The summed E-state index contributed by atoms with van der Waals surface area (Å²) in [5.74, 6) is 2.76. The maximum Gasteiger partial charge on any atom is 0.164 e. The molecule has 1 aliphatic rings. The average molecular weight is 715 g/mol. The molecule has 9 aromatic rings. The van der Waals surface area contributed by atoms with Gasteiger partial charge < -0.3 is 4.74 Å². The zero-order chi connectivity index (χ0) is 37.6. The van der Waals surface area contributed by atoms with E-state index in [1.807, 2.05) is 12.1 Å². The molecule has 0 amide bonds. The van der Waals surface area contributed by atoms with Gasteiger partial charge >= 0.3 is 0 Å². The van der Waals surface area contributed by atoms with Gasteiger partial charge in [0.25, 0.3) is 0 Å². The first-order valence-corrected chi connectivity index (χ1v) is 19.0. The second kappa shape index (κ2) is 13.7. The predicted octanol–water partition coefficient (Wildman–Crippen LogP) is 10.5. The molecule has 0 atom stereocenters. The number of hydrogen-bond donors (Lipinski definition) is 0. The molecule has 0 radical (unpaired) electrons. The zero-order valence-corrected chi connectivity index (χ0v) is 31.1. The molecule has 10 rings (SSSR count). The van der Waals surface area contributed by atoms with Crippen molar-refractivity contribution in [2.75, 3.05) is 0 Å². The highest BCUT2D eigenvalue weighted by molar-refractivity contribution is 6.40. The normalized spacial score (nSPS) is 12.7. The van der Waals surface area contributed by atoms with Crippen molar-refractivity contribution in [2.24, 2.45) is 0 Å². The third-order valence-corrected chi connectivity index (χ3v) is 10.8. The van der Waals surface area contributed by atoms with Gasteiger partial charge in [0, 0.05) is 22.3 Å². The number of rotatable bonds is 6. The van der Waals surface area contributed by atoms with Gasteiger partial charge in [-0.25, -0.2) is 15.0 Å². The molecule has 262 valence electrons. The SMILES string of the molecule is BC1(B)Oc2cccc(-c3ccc(-c4nc(-c5ccc(-c6ccccc6)cc5)nc(-c5cccc(-c6ccccc6)c5)n4)c4ccccc34)c2-c2ccccc21. The van der Waals surface area contributed by atoms with E-state index in [1.165, 1.54) is 16.7 Å². The van der Waals surface area contributed by atoms with Crippen LogP contribution in [0.15, 0.2) is 188 Å². The molecule has 0 bridgehead atoms. The highest BCUT2D eigenvalue weighted by Gasteiger charge is 2.33. The number of hydrogen-bond acceptors (Lipinski definition) is 4. The predicted molar refractivity (Wildman–Crippen MR) is 235 cm³/mol. The maximum absolute atomic E-state index is 6.67. The van der Waals surface area contributed by atoms with Crippen molar-refractivity contribution in [2.45, 2.75) is 5.40 Å². The van der Waals surface area contributed by atoms with E-state index in [1.54, 1.807) is 0 Å². The van der Waals surface area contributed by atoms with E-state index in [-0.39, 0.29) is 0 Å². The fraction of sp³-hybridized carbons (Fsp3) is 0.0200. The van der Waals surface area contributed by atoms with Crippen LogP contribution in [0.2, 0.25) is 0 Å². The van der Waals surface area contributed by atoms with Crippen molar-refractivity contribution < 1.29 is 4.74 Å². The molecular formula is C50H35B2N3O. The van der Waals surface area contributed by atoms with Crippen LogP contribution in [0.1, 0.15) is 5.56 Å². The van der Waals surface area contributed by atoms with E-state index in [4.69, 9.17) is 19.7 Å². The summed E-state index contributed by atoms with van der Waals surface area (Å²) < 4.78 is 6.67. The highest BCUT2D eigenvalue weighted by Crippen LogP contribution is 2.49. The van der Waals surface area contributed by atoms with E-state index in [2.05, 4.69) is 192 Å². The molecule has 0 N–H and O–H groups in total. The van der Waals surface area contributed by atoms with Gasteiger partial charge in [0.15, 0.2) is 33.2 Å². The van der Waals surface area contributed by atoms with Gasteiger partial charge in [0.1, 0.15) is 5.75 Å². The summed E-state index contributed by atoms with van der Waals surface area (Å²) in [6, 6.07) is 65.7. The molecule has 6 heteroatoms. The topological polar surface area (TPSA) is 47.9 Å². The van der Waals surface area contributed by atoms with Gasteiger partial charge in [-0.15, -0.1) is 0 Å². The van der Waals surface area contributed by atoms with Crippen molar-refractivity contribution >= 4 is 26.5 Å². The number of fused-ring (bicyclic) bond motifs is 4. The Balaban J connectivity index is 1.15. The van der Waals surface area contributed by atoms with Crippen LogP contribution in [0.5, 0.6) is 5.75 Å². The number of nitrogens with zero attached hydrogens (tertiary/aromatic N) is 3. The van der Waals surface area contributed by atoms with Crippen LogP contribution < -0.4 is 4.74 Å². The monoisotopic (exact) mass is 715 g/mol. The molecule has 1 aliphatic heterocycles. The maximum atomic E-state index is 6.67. The molecule has 56 heavy (non-hydrogen) atoms. The van der Waals surface area contributed by atoms with Crippen LogP contribution >= 0.6 is 0 Å². The van der Waals surface area contributed by atoms with E-state index >= 15 is 0 Å². The van der Waals surface area contributed by atoms with Gasteiger partial charge in [-0.3, -0.25) is 0 Å². The number of aromatic nitrogens is 3. The molecule has 0 aliphatic carbocycles. The second-order valence-electron chi connectivity index (χ2n) is 14.7. The minimum absolute atomic E-state index is 0.440. The summed E-state index contributed by atoms with van der Waals surface area (Å²) >= 11 is 0. The molecule has 8 aromatic carbocycles. The van der Waals surface area contributed by atoms with Crippen LogP contribution in [0.25, 0.3) is 89.4 Å². The van der Waals surface area contributed by atoms with Crippen LogP contribution in [-0.4, -0.2) is 30.6 Å². The number of ether oxygens (including phenoxy) is 1. The Labute approximate surface area is 328 Å². The summed E-state index contributed by atoms with van der Waals surface area (Å²) in [5, 5.41) is 1.74. The standard InChI is InChI=1S/C50H35B2N3O/c51-50(52)44-23-10-9-21-43(44)46-41(22-12-24-45(46)56-50)40-29-30-42(39-20-8-7-19-38(39)40)49-54-47(35-27-25-34(26-28-35)32-13-3-1-4-14-32)53-48(55-49)37-18-11-17-36(31-37)33-15-5-2-6-16-33/h1-31H,51-52H2. The summed E-state index contributed by atoms with van der Waals surface area (Å²) in [7, 11) is 4.27. The van der Waals surface area contributed by atoms with Gasteiger partial charge in [0.2, 0.25) is 0 Å². The zero-order valence-electron chi connectivity index (χ0n) is 31.1. The van der Waals surface area contributed by atoms with E-state index < -0.39 is 5.40 Å². The smallest absolute Gasteiger partial charge is 0.164 e. The van der Waals surface area contributed by atoms with Crippen molar-refractivity contribution in [1.29, 1.82) is 0 Å². The third-order valence-electron chi connectivity index (χ3n) is 10.8. The molecule has 0 saturated carbocycles. The molecule has 0 saturated heterocycles. The van der Waals surface area contributed by atoms with Crippen molar-refractivity contribution in [3.63, 3.8) is 0 Å². The Morgan fingerprint density at radius 2 is 0.857 bits per heavy atom. The quantitative estimate of drug-likeness (QED) is 0.161. The molecule has 1 aromatic heterocycles. The lowest BCUT2D eigenvalue weighted by molar-refractivity contribution is 0.241. The number of benzene rings is 8. The molecule has 0 spiro atoms. The summed E-state index contributed by atoms with van der Waals surface area (Å²) in [6.45, 7) is 0. The van der Waals surface area contributed by atoms with Crippen LogP contribution in [0.3, 0.4) is 0 Å². The average Bonchev–Trinajstić information content (AvgIpc) is 3.26. The Morgan fingerprint density at radius 1 is 0.357 bits per heavy atom. The minimum atomic E-state index is -0.440. The molecule has 2 heterocycles. The largest absolute Gasteiger partial charge is 0.500 e. The molecule has 0 unspecified atom stereocenters. The third kappa shape index (κ3) is 5.96. The van der Waals surface area contributed by atoms with Gasteiger partial charge in [-0.2, -0.15) is 0 Å². The summed E-state index contributed by atoms with van der Waals surface area (Å²) in [6.07, 6.45) is 0. The van der Waals surface area contributed by atoms with Crippen molar-refractivity contribution in [1.82, 2.24) is 15.0 Å². The lowest BCUT2D eigenvalue weighted by Gasteiger charge is -2.36. The first kappa shape index (κ1) is 33.5. The minimum Gasteiger partial charge on any atom is -0.500 e. The summed E-state index contributed by atoms with van der Waals surface area (Å²) in [5.41, 5.74) is 13.1.